The largest absolute Gasteiger partial charge is 0.309 e. The average molecular weight is 972 g/mol. The van der Waals surface area contributed by atoms with Crippen LogP contribution in [-0.4, -0.2) is 19.1 Å². The van der Waals surface area contributed by atoms with Crippen LogP contribution in [0.25, 0.3) is 122 Å². The lowest BCUT2D eigenvalue weighted by molar-refractivity contribution is 0.666. The lowest BCUT2D eigenvalue weighted by Gasteiger charge is -2.24. The standard InChI is InChI=1S/C71H49N5/c1-70(2)53-31-15-11-26-46(53)48-37-39-61-65(67(48)70)50-28-13-17-33-57(50)75(61)59-35-19-25-45(42-72)63(59)64-52(69-73-55(43-21-7-5-8-22-43)41-56(74-69)44-23-9-6-10-24-44)30-20-36-60(64)76-58-34-18-14-29-51(58)66-62(76)40-38-49-47-27-12-16-32-54(47)71(3,4)68(49)66/h5-41H,1-4H3. The van der Waals surface area contributed by atoms with Crippen molar-refractivity contribution in [1.82, 2.24) is 19.1 Å². The summed E-state index contributed by atoms with van der Waals surface area (Å²) in [6, 6.07) is 82.9. The van der Waals surface area contributed by atoms with Crippen molar-refractivity contribution < 1.29 is 0 Å². The molecule has 13 aromatic rings. The van der Waals surface area contributed by atoms with Crippen molar-refractivity contribution in [2.75, 3.05) is 0 Å². The Morgan fingerprint density at radius 2 is 0.816 bits per heavy atom. The minimum Gasteiger partial charge on any atom is -0.309 e. The van der Waals surface area contributed by atoms with Crippen molar-refractivity contribution in [2.24, 2.45) is 0 Å². The summed E-state index contributed by atoms with van der Waals surface area (Å²) in [5.41, 5.74) is 22.6. The Labute approximate surface area is 441 Å². The van der Waals surface area contributed by atoms with Crippen LogP contribution >= 0.6 is 0 Å². The molecule has 3 aromatic heterocycles. The molecule has 0 fully saturated rings. The molecule has 0 N–H and O–H groups in total. The first-order chi connectivity index (χ1) is 37.2. The third-order valence-corrected chi connectivity index (χ3v) is 16.8. The predicted molar refractivity (Wildman–Crippen MR) is 312 cm³/mol. The van der Waals surface area contributed by atoms with Crippen molar-refractivity contribution >= 4 is 43.6 Å². The Balaban J connectivity index is 1.10. The lowest BCUT2D eigenvalue weighted by Crippen LogP contribution is -2.15. The Kier molecular flexibility index (Phi) is 9.35. The smallest absolute Gasteiger partial charge is 0.161 e. The molecule has 0 unspecified atom stereocenters. The second-order valence-electron chi connectivity index (χ2n) is 21.5. The number of rotatable bonds is 6. The van der Waals surface area contributed by atoms with Crippen molar-refractivity contribution in [1.29, 1.82) is 5.26 Å². The monoisotopic (exact) mass is 971 g/mol. The molecule has 0 amide bonds. The Bertz CT molecular complexity index is 4580. The molecule has 5 nitrogen and oxygen atoms in total. The van der Waals surface area contributed by atoms with E-state index in [1.807, 2.05) is 24.3 Å². The molecule has 0 aliphatic heterocycles. The van der Waals surface area contributed by atoms with Crippen LogP contribution < -0.4 is 0 Å². The highest BCUT2D eigenvalue weighted by molar-refractivity contribution is 6.17. The first kappa shape index (κ1) is 43.9. The van der Waals surface area contributed by atoms with E-state index in [-0.39, 0.29) is 10.8 Å². The fraction of sp³-hybridized carbons (Fsp3) is 0.0845. The molecule has 0 saturated heterocycles. The van der Waals surface area contributed by atoms with Crippen molar-refractivity contribution in [3.8, 4) is 84.7 Å². The quantitative estimate of drug-likeness (QED) is 0.167. The third-order valence-electron chi connectivity index (χ3n) is 16.8. The van der Waals surface area contributed by atoms with Gasteiger partial charge >= 0.3 is 0 Å². The summed E-state index contributed by atoms with van der Waals surface area (Å²) in [5.74, 6) is 0.563. The van der Waals surface area contributed by atoms with Crippen LogP contribution in [0.2, 0.25) is 0 Å². The van der Waals surface area contributed by atoms with Gasteiger partial charge in [-0.25, -0.2) is 9.97 Å². The topological polar surface area (TPSA) is 59.4 Å². The van der Waals surface area contributed by atoms with E-state index >= 15 is 0 Å². The highest BCUT2D eigenvalue weighted by atomic mass is 15.0. The van der Waals surface area contributed by atoms with Crippen LogP contribution in [0.4, 0.5) is 0 Å². The lowest BCUT2D eigenvalue weighted by atomic mass is 9.80. The maximum atomic E-state index is 11.7. The molecule has 0 saturated carbocycles. The molecule has 0 spiro atoms. The number of benzene rings is 10. The summed E-state index contributed by atoms with van der Waals surface area (Å²) in [5, 5.41) is 16.5. The SMILES string of the molecule is CC1(C)c2ccccc2-c2ccc3c(c21)c1ccccc1n3-c1cccc(C#N)c1-c1c(-c2nc(-c3ccccc3)cc(-c3ccccc3)n2)cccc1-n1c2ccccc2c2c3c(ccc21)-c1ccccc1C3(C)C. The fourth-order valence-corrected chi connectivity index (χ4v) is 13.5. The van der Waals surface area contributed by atoms with Crippen molar-refractivity contribution in [3.63, 3.8) is 0 Å². The van der Waals surface area contributed by atoms with Crippen LogP contribution in [0.5, 0.6) is 0 Å². The maximum Gasteiger partial charge on any atom is 0.161 e. The van der Waals surface area contributed by atoms with Gasteiger partial charge in [0.1, 0.15) is 0 Å². The van der Waals surface area contributed by atoms with Gasteiger partial charge in [0.15, 0.2) is 5.82 Å². The van der Waals surface area contributed by atoms with E-state index in [4.69, 9.17) is 9.97 Å². The first-order valence-corrected chi connectivity index (χ1v) is 26.2. The van der Waals surface area contributed by atoms with Crippen molar-refractivity contribution in [3.05, 3.63) is 252 Å². The highest BCUT2D eigenvalue weighted by Crippen LogP contribution is 2.56. The van der Waals surface area contributed by atoms with E-state index in [2.05, 4.69) is 243 Å². The number of hydrogen-bond donors (Lipinski definition) is 0. The van der Waals surface area contributed by atoms with Gasteiger partial charge in [-0.1, -0.05) is 204 Å². The molecular weight excluding hydrogens is 923 g/mol. The van der Waals surface area contributed by atoms with Gasteiger partial charge in [-0.15, -0.1) is 0 Å². The molecular formula is C71H49N5. The van der Waals surface area contributed by atoms with Gasteiger partial charge in [0, 0.05) is 60.2 Å². The first-order valence-electron chi connectivity index (χ1n) is 26.2. The predicted octanol–water partition coefficient (Wildman–Crippen LogP) is 17.8. The second-order valence-corrected chi connectivity index (χ2v) is 21.5. The molecule has 76 heavy (non-hydrogen) atoms. The van der Waals surface area contributed by atoms with Crippen LogP contribution in [0.1, 0.15) is 55.5 Å². The van der Waals surface area contributed by atoms with Gasteiger partial charge in [-0.3, -0.25) is 0 Å². The molecule has 5 heteroatoms. The van der Waals surface area contributed by atoms with E-state index in [9.17, 15) is 5.26 Å². The second kappa shape index (κ2) is 16.2. The average Bonchev–Trinajstić information content (AvgIpc) is 4.35. The Hall–Kier alpha value is -9.63. The summed E-state index contributed by atoms with van der Waals surface area (Å²) in [4.78, 5) is 11.1. The zero-order chi connectivity index (χ0) is 51.0. The van der Waals surface area contributed by atoms with E-state index in [1.165, 1.54) is 66.1 Å². The van der Waals surface area contributed by atoms with Gasteiger partial charge < -0.3 is 9.13 Å². The number of hydrogen-bond acceptors (Lipinski definition) is 3. The molecule has 3 heterocycles. The van der Waals surface area contributed by atoms with Crippen LogP contribution in [-0.2, 0) is 10.8 Å². The third kappa shape index (κ3) is 6.07. The zero-order valence-corrected chi connectivity index (χ0v) is 42.6. The van der Waals surface area contributed by atoms with Crippen molar-refractivity contribution in [2.45, 2.75) is 38.5 Å². The number of nitrogens with zero attached hydrogens (tertiary/aromatic N) is 5. The molecule has 0 atom stereocenters. The number of para-hydroxylation sites is 2. The minimum atomic E-state index is -0.266. The number of fused-ring (bicyclic) bond motifs is 14. The summed E-state index contributed by atoms with van der Waals surface area (Å²) < 4.78 is 4.86. The van der Waals surface area contributed by atoms with E-state index in [1.54, 1.807) is 0 Å². The van der Waals surface area contributed by atoms with Gasteiger partial charge in [0.05, 0.1) is 56.5 Å². The Morgan fingerprint density at radius 1 is 0.382 bits per heavy atom. The van der Waals surface area contributed by atoms with Crippen LogP contribution in [0.15, 0.2) is 224 Å². The molecule has 10 aromatic carbocycles. The molecule has 2 aliphatic rings. The van der Waals surface area contributed by atoms with E-state index in [0.717, 1.165) is 72.6 Å². The molecule has 358 valence electrons. The normalized spacial score (nSPS) is 13.7. The molecule has 2 aliphatic carbocycles. The number of nitriles is 1. The summed E-state index contributed by atoms with van der Waals surface area (Å²) >= 11 is 0. The Morgan fingerprint density at radius 3 is 1.33 bits per heavy atom. The maximum absolute atomic E-state index is 11.7. The number of aromatic nitrogens is 4. The van der Waals surface area contributed by atoms with Crippen LogP contribution in [0.3, 0.4) is 0 Å². The van der Waals surface area contributed by atoms with E-state index in [0.29, 0.717) is 11.4 Å². The zero-order valence-electron chi connectivity index (χ0n) is 42.6. The summed E-state index contributed by atoms with van der Waals surface area (Å²) in [6.07, 6.45) is 0. The van der Waals surface area contributed by atoms with E-state index < -0.39 is 0 Å². The minimum absolute atomic E-state index is 0.262. The van der Waals surface area contributed by atoms with Gasteiger partial charge in [0.25, 0.3) is 0 Å². The van der Waals surface area contributed by atoms with Gasteiger partial charge in [-0.05, 0) is 93.0 Å². The molecule has 15 rings (SSSR count). The van der Waals surface area contributed by atoms with Gasteiger partial charge in [0.2, 0.25) is 0 Å². The molecule has 0 radical (unpaired) electrons. The summed E-state index contributed by atoms with van der Waals surface area (Å²) in [7, 11) is 0. The summed E-state index contributed by atoms with van der Waals surface area (Å²) in [6.45, 7) is 9.46. The van der Waals surface area contributed by atoms with Gasteiger partial charge in [-0.2, -0.15) is 5.26 Å². The highest BCUT2D eigenvalue weighted by Gasteiger charge is 2.40. The molecule has 0 bridgehead atoms. The fourth-order valence-electron chi connectivity index (χ4n) is 13.5. The van der Waals surface area contributed by atoms with Crippen LogP contribution in [0, 0.1) is 11.3 Å².